The first-order chi connectivity index (χ1) is 12.3. The molecule has 2 heteroatoms. The summed E-state index contributed by atoms with van der Waals surface area (Å²) >= 11 is 0. The van der Waals surface area contributed by atoms with Crippen molar-refractivity contribution in [1.82, 2.24) is 9.97 Å². The Morgan fingerprint density at radius 2 is 1.46 bits per heavy atom. The second-order valence-corrected chi connectivity index (χ2v) is 8.60. The Labute approximate surface area is 157 Å². The maximum atomic E-state index is 5.07. The predicted octanol–water partition coefficient (Wildman–Crippen LogP) is 5.96. The van der Waals surface area contributed by atoms with Crippen molar-refractivity contribution in [1.29, 1.82) is 0 Å². The molecule has 26 heavy (non-hydrogen) atoms. The van der Waals surface area contributed by atoms with E-state index in [2.05, 4.69) is 88.1 Å². The van der Waals surface area contributed by atoms with E-state index in [9.17, 15) is 0 Å². The Morgan fingerprint density at radius 1 is 0.769 bits per heavy atom. The van der Waals surface area contributed by atoms with E-state index in [1.807, 2.05) is 18.3 Å². The van der Waals surface area contributed by atoms with Gasteiger partial charge in [0, 0.05) is 34.0 Å². The molecule has 0 bridgehead atoms. The maximum Gasteiger partial charge on any atom is 0.0705 e. The molecule has 0 saturated heterocycles. The molecule has 0 aliphatic heterocycles. The first kappa shape index (κ1) is 18.3. The van der Waals surface area contributed by atoms with E-state index in [1.54, 1.807) is 0 Å². The molecular formula is C24H28N2. The molecule has 0 fully saturated rings. The third-order valence-corrected chi connectivity index (χ3v) is 4.75. The molecule has 0 atom stereocenters. The maximum absolute atomic E-state index is 5.07. The van der Waals surface area contributed by atoms with E-state index in [4.69, 9.17) is 4.98 Å². The number of rotatable bonds is 4. The van der Waals surface area contributed by atoms with Gasteiger partial charge in [0.1, 0.15) is 0 Å². The summed E-state index contributed by atoms with van der Waals surface area (Å²) in [6.07, 6.45) is 2.79. The first-order valence-corrected chi connectivity index (χ1v) is 9.25. The van der Waals surface area contributed by atoms with Gasteiger partial charge in [-0.25, -0.2) is 0 Å². The van der Waals surface area contributed by atoms with Gasteiger partial charge in [0.25, 0.3) is 0 Å². The van der Waals surface area contributed by atoms with Crippen molar-refractivity contribution in [2.45, 2.75) is 51.9 Å². The highest BCUT2D eigenvalue weighted by Crippen LogP contribution is 2.33. The van der Waals surface area contributed by atoms with Crippen LogP contribution in [-0.4, -0.2) is 9.97 Å². The smallest absolute Gasteiger partial charge is 0.0705 e. The van der Waals surface area contributed by atoms with Crippen molar-refractivity contribution in [2.75, 3.05) is 0 Å². The summed E-state index contributed by atoms with van der Waals surface area (Å²) < 4.78 is 0. The van der Waals surface area contributed by atoms with Crippen LogP contribution in [0.4, 0.5) is 0 Å². The lowest BCUT2D eigenvalue weighted by Crippen LogP contribution is -2.25. The van der Waals surface area contributed by atoms with Crippen LogP contribution in [0.5, 0.6) is 0 Å². The van der Waals surface area contributed by atoms with Crippen LogP contribution in [0.1, 0.15) is 51.6 Å². The van der Waals surface area contributed by atoms with Crippen molar-refractivity contribution in [3.8, 4) is 11.3 Å². The number of pyridine rings is 2. The van der Waals surface area contributed by atoms with E-state index in [0.29, 0.717) is 0 Å². The van der Waals surface area contributed by atoms with Crippen molar-refractivity contribution >= 4 is 0 Å². The molecule has 134 valence electrons. The zero-order valence-corrected chi connectivity index (χ0v) is 16.5. The molecule has 1 aromatic carbocycles. The van der Waals surface area contributed by atoms with Gasteiger partial charge in [0.2, 0.25) is 0 Å². The van der Waals surface area contributed by atoms with Crippen molar-refractivity contribution < 1.29 is 0 Å². The number of hydrogen-bond acceptors (Lipinski definition) is 2. The Kier molecular flexibility index (Phi) is 4.95. The second kappa shape index (κ2) is 7.03. The van der Waals surface area contributed by atoms with Crippen LogP contribution >= 0.6 is 0 Å². The lowest BCUT2D eigenvalue weighted by atomic mass is 9.78. The lowest BCUT2D eigenvalue weighted by molar-refractivity contribution is 0.488. The summed E-state index contributed by atoms with van der Waals surface area (Å²) in [6, 6.07) is 20.9. The van der Waals surface area contributed by atoms with Crippen LogP contribution in [0.2, 0.25) is 0 Å². The van der Waals surface area contributed by atoms with Gasteiger partial charge in [-0.1, -0.05) is 77.1 Å². The third kappa shape index (κ3) is 4.01. The van der Waals surface area contributed by atoms with E-state index >= 15 is 0 Å². The molecular weight excluding hydrogens is 316 g/mol. The fraction of sp³-hybridized carbons (Fsp3) is 0.333. The van der Waals surface area contributed by atoms with Gasteiger partial charge in [-0.2, -0.15) is 0 Å². The molecule has 2 nitrogen and oxygen atoms in total. The zero-order chi connectivity index (χ0) is 18.8. The van der Waals surface area contributed by atoms with E-state index < -0.39 is 0 Å². The van der Waals surface area contributed by atoms with Gasteiger partial charge in [0.15, 0.2) is 0 Å². The minimum absolute atomic E-state index is 0.0136. The third-order valence-electron chi connectivity index (χ3n) is 4.75. The highest BCUT2D eigenvalue weighted by atomic mass is 14.7. The Balaban J connectivity index is 2.02. The molecule has 0 aliphatic carbocycles. The second-order valence-electron chi connectivity index (χ2n) is 8.60. The number of aromatic nitrogens is 2. The zero-order valence-electron chi connectivity index (χ0n) is 16.5. The van der Waals surface area contributed by atoms with Crippen LogP contribution in [0.3, 0.4) is 0 Å². The first-order valence-electron chi connectivity index (χ1n) is 9.25. The average molecular weight is 345 g/mol. The molecule has 0 spiro atoms. The van der Waals surface area contributed by atoms with Gasteiger partial charge in [-0.3, -0.25) is 9.97 Å². The molecule has 0 aliphatic rings. The predicted molar refractivity (Wildman–Crippen MR) is 109 cm³/mol. The molecule has 0 saturated carbocycles. The molecule has 0 N–H and O–H groups in total. The van der Waals surface area contributed by atoms with Gasteiger partial charge in [0.05, 0.1) is 5.69 Å². The summed E-state index contributed by atoms with van der Waals surface area (Å²) in [4.78, 5) is 9.65. The largest absolute Gasteiger partial charge is 0.261 e. The molecule has 2 heterocycles. The highest BCUT2D eigenvalue weighted by Gasteiger charge is 2.27. The monoisotopic (exact) mass is 344 g/mol. The standard InChI is InChI=1S/C24H28N2/c1-23(2,3)22-19(17-24(4,5)21-13-9-10-16-25-21)14-15-20(26-22)18-11-7-6-8-12-18/h6-16H,17H2,1-5H3. The van der Waals surface area contributed by atoms with Crippen LogP contribution < -0.4 is 0 Å². The van der Waals surface area contributed by atoms with Crippen LogP contribution in [0, 0.1) is 0 Å². The fourth-order valence-corrected chi connectivity index (χ4v) is 3.38. The summed E-state index contributed by atoms with van der Waals surface area (Å²) in [5.41, 5.74) is 5.73. The summed E-state index contributed by atoms with van der Waals surface area (Å²) in [6.45, 7) is 11.2. The van der Waals surface area contributed by atoms with Gasteiger partial charge < -0.3 is 0 Å². The van der Waals surface area contributed by atoms with Gasteiger partial charge >= 0.3 is 0 Å². The minimum Gasteiger partial charge on any atom is -0.261 e. The van der Waals surface area contributed by atoms with Crippen molar-refractivity contribution in [2.24, 2.45) is 0 Å². The topological polar surface area (TPSA) is 25.8 Å². The summed E-state index contributed by atoms with van der Waals surface area (Å²) in [5.74, 6) is 0. The quantitative estimate of drug-likeness (QED) is 0.583. The van der Waals surface area contributed by atoms with Gasteiger partial charge in [-0.05, 0) is 30.2 Å². The summed E-state index contributed by atoms with van der Waals surface area (Å²) in [5, 5.41) is 0. The van der Waals surface area contributed by atoms with Crippen LogP contribution in [-0.2, 0) is 17.3 Å². The average Bonchev–Trinajstić information content (AvgIpc) is 2.62. The van der Waals surface area contributed by atoms with E-state index in [-0.39, 0.29) is 10.8 Å². The molecule has 0 unspecified atom stereocenters. The summed E-state index contributed by atoms with van der Waals surface area (Å²) in [7, 11) is 0. The van der Waals surface area contributed by atoms with E-state index in [1.165, 1.54) is 11.3 Å². The SMILES string of the molecule is CC(C)(C)c1nc(-c2ccccc2)ccc1CC(C)(C)c1ccccn1. The lowest BCUT2D eigenvalue weighted by Gasteiger charge is -2.29. The van der Waals surface area contributed by atoms with Crippen molar-refractivity contribution in [3.63, 3.8) is 0 Å². The Morgan fingerprint density at radius 3 is 2.08 bits per heavy atom. The van der Waals surface area contributed by atoms with Crippen LogP contribution in [0.15, 0.2) is 66.9 Å². The normalized spacial score (nSPS) is 12.2. The Bertz CT molecular complexity index is 860. The van der Waals surface area contributed by atoms with Crippen molar-refractivity contribution in [3.05, 3.63) is 83.8 Å². The molecule has 0 radical (unpaired) electrons. The molecule has 2 aromatic heterocycles. The molecule has 0 amide bonds. The Hall–Kier alpha value is -2.48. The molecule has 3 aromatic rings. The van der Waals surface area contributed by atoms with Crippen LogP contribution in [0.25, 0.3) is 11.3 Å². The minimum atomic E-state index is -0.0444. The number of nitrogens with zero attached hydrogens (tertiary/aromatic N) is 2. The number of hydrogen-bond donors (Lipinski definition) is 0. The van der Waals surface area contributed by atoms with E-state index in [0.717, 1.165) is 23.4 Å². The molecule has 3 rings (SSSR count). The highest BCUT2D eigenvalue weighted by molar-refractivity contribution is 5.59. The fourth-order valence-electron chi connectivity index (χ4n) is 3.38. The van der Waals surface area contributed by atoms with Gasteiger partial charge in [-0.15, -0.1) is 0 Å². The number of benzene rings is 1.